The van der Waals surface area contributed by atoms with Crippen LogP contribution in [-0.2, 0) is 0 Å². The van der Waals surface area contributed by atoms with E-state index >= 15 is 0 Å². The first-order valence-corrected chi connectivity index (χ1v) is 6.58. The number of hydrogen-bond donors (Lipinski definition) is 1. The molecule has 0 radical (unpaired) electrons. The fourth-order valence-corrected chi connectivity index (χ4v) is 2.87. The van der Waals surface area contributed by atoms with Crippen molar-refractivity contribution in [2.75, 3.05) is 13.7 Å². The highest BCUT2D eigenvalue weighted by molar-refractivity contribution is 5.37. The molecule has 0 saturated carbocycles. The van der Waals surface area contributed by atoms with Crippen LogP contribution >= 0.6 is 0 Å². The predicted octanol–water partition coefficient (Wildman–Crippen LogP) is 3.19. The summed E-state index contributed by atoms with van der Waals surface area (Å²) in [5.41, 5.74) is 1.37. The van der Waals surface area contributed by atoms with E-state index in [4.69, 9.17) is 4.74 Å². The summed E-state index contributed by atoms with van der Waals surface area (Å²) in [6, 6.07) is 9.04. The molecule has 1 aromatic carbocycles. The molecule has 1 heterocycles. The van der Waals surface area contributed by atoms with Crippen LogP contribution in [0.5, 0.6) is 5.75 Å². The minimum absolute atomic E-state index is 0.603. The molecule has 17 heavy (non-hydrogen) atoms. The van der Waals surface area contributed by atoms with E-state index in [9.17, 15) is 0 Å². The van der Waals surface area contributed by atoms with Crippen LogP contribution < -0.4 is 10.1 Å². The van der Waals surface area contributed by atoms with Gasteiger partial charge in [-0.15, -0.1) is 0 Å². The molecule has 2 atom stereocenters. The SMILES string of the molecule is COc1ccccc1C1CCNC1CC(C)C. The Morgan fingerprint density at radius 3 is 2.82 bits per heavy atom. The van der Waals surface area contributed by atoms with Crippen molar-refractivity contribution in [1.29, 1.82) is 0 Å². The summed E-state index contributed by atoms with van der Waals surface area (Å²) >= 11 is 0. The molecule has 1 fully saturated rings. The Bertz CT molecular complexity index is 362. The lowest BCUT2D eigenvalue weighted by molar-refractivity contribution is 0.391. The van der Waals surface area contributed by atoms with E-state index in [0.29, 0.717) is 12.0 Å². The summed E-state index contributed by atoms with van der Waals surface area (Å²) in [6.45, 7) is 5.71. The van der Waals surface area contributed by atoms with Crippen LogP contribution in [0.2, 0.25) is 0 Å². The van der Waals surface area contributed by atoms with Gasteiger partial charge in [-0.2, -0.15) is 0 Å². The molecule has 0 spiro atoms. The summed E-state index contributed by atoms with van der Waals surface area (Å²) in [5, 5.41) is 3.63. The third-order valence-corrected chi connectivity index (χ3v) is 3.61. The van der Waals surface area contributed by atoms with E-state index in [0.717, 1.165) is 18.2 Å². The van der Waals surface area contributed by atoms with Gasteiger partial charge < -0.3 is 10.1 Å². The Morgan fingerprint density at radius 2 is 2.12 bits per heavy atom. The topological polar surface area (TPSA) is 21.3 Å². The van der Waals surface area contributed by atoms with Crippen molar-refractivity contribution in [1.82, 2.24) is 5.32 Å². The fourth-order valence-electron chi connectivity index (χ4n) is 2.87. The Kier molecular flexibility index (Phi) is 4.06. The lowest BCUT2D eigenvalue weighted by atomic mass is 9.87. The number of para-hydroxylation sites is 1. The van der Waals surface area contributed by atoms with E-state index in [1.54, 1.807) is 7.11 Å². The molecule has 1 aliphatic rings. The maximum absolute atomic E-state index is 5.48. The van der Waals surface area contributed by atoms with Crippen LogP contribution in [0, 0.1) is 5.92 Å². The van der Waals surface area contributed by atoms with Crippen LogP contribution in [0.3, 0.4) is 0 Å². The zero-order valence-corrected chi connectivity index (χ0v) is 11.1. The average molecular weight is 233 g/mol. The van der Waals surface area contributed by atoms with Crippen LogP contribution in [0.1, 0.15) is 38.2 Å². The predicted molar refractivity (Wildman–Crippen MR) is 71.6 cm³/mol. The average Bonchev–Trinajstić information content (AvgIpc) is 2.76. The number of ether oxygens (including phenoxy) is 1. The molecule has 2 nitrogen and oxygen atoms in total. The van der Waals surface area contributed by atoms with Crippen LogP contribution in [0.15, 0.2) is 24.3 Å². The monoisotopic (exact) mass is 233 g/mol. The number of nitrogens with one attached hydrogen (secondary N) is 1. The van der Waals surface area contributed by atoms with Gasteiger partial charge in [-0.3, -0.25) is 0 Å². The Hall–Kier alpha value is -1.02. The van der Waals surface area contributed by atoms with Crippen LogP contribution in [0.4, 0.5) is 0 Å². The zero-order valence-electron chi connectivity index (χ0n) is 11.1. The van der Waals surface area contributed by atoms with Gasteiger partial charge in [0.1, 0.15) is 5.75 Å². The number of rotatable bonds is 4. The molecule has 1 N–H and O–H groups in total. The maximum atomic E-state index is 5.48. The molecule has 1 aromatic rings. The third kappa shape index (κ3) is 2.81. The van der Waals surface area contributed by atoms with Crippen molar-refractivity contribution < 1.29 is 4.74 Å². The van der Waals surface area contributed by atoms with Gasteiger partial charge in [0.05, 0.1) is 7.11 Å². The van der Waals surface area contributed by atoms with Crippen molar-refractivity contribution in [3.05, 3.63) is 29.8 Å². The number of hydrogen-bond acceptors (Lipinski definition) is 2. The first-order chi connectivity index (χ1) is 8.22. The summed E-state index contributed by atoms with van der Waals surface area (Å²) in [6.07, 6.45) is 2.46. The van der Waals surface area contributed by atoms with Gasteiger partial charge in [-0.05, 0) is 36.9 Å². The molecule has 1 saturated heterocycles. The van der Waals surface area contributed by atoms with Crippen molar-refractivity contribution in [3.63, 3.8) is 0 Å². The molecule has 0 amide bonds. The second kappa shape index (κ2) is 5.54. The third-order valence-electron chi connectivity index (χ3n) is 3.61. The lowest BCUT2D eigenvalue weighted by Crippen LogP contribution is -2.27. The molecule has 1 aliphatic heterocycles. The Balaban J connectivity index is 2.19. The van der Waals surface area contributed by atoms with Gasteiger partial charge in [-0.1, -0.05) is 32.0 Å². The van der Waals surface area contributed by atoms with Crippen molar-refractivity contribution >= 4 is 0 Å². The molecule has 0 bridgehead atoms. The minimum Gasteiger partial charge on any atom is -0.496 e. The molecule has 2 rings (SSSR count). The summed E-state index contributed by atoms with van der Waals surface area (Å²) in [7, 11) is 1.76. The van der Waals surface area contributed by atoms with Gasteiger partial charge >= 0.3 is 0 Å². The minimum atomic E-state index is 0.603. The van der Waals surface area contributed by atoms with Crippen molar-refractivity contribution in [2.24, 2.45) is 5.92 Å². The summed E-state index contributed by atoms with van der Waals surface area (Å²) in [4.78, 5) is 0. The van der Waals surface area contributed by atoms with Crippen LogP contribution in [0.25, 0.3) is 0 Å². The Morgan fingerprint density at radius 1 is 1.35 bits per heavy atom. The van der Waals surface area contributed by atoms with E-state index in [2.05, 4.69) is 37.4 Å². The number of benzene rings is 1. The normalized spacial score (nSPS) is 24.2. The number of methoxy groups -OCH3 is 1. The van der Waals surface area contributed by atoms with E-state index in [-0.39, 0.29) is 0 Å². The highest BCUT2D eigenvalue weighted by Crippen LogP contribution is 2.36. The molecular formula is C15H23NO. The molecule has 0 aliphatic carbocycles. The van der Waals surface area contributed by atoms with Crippen molar-refractivity contribution in [3.8, 4) is 5.75 Å². The summed E-state index contributed by atoms with van der Waals surface area (Å²) in [5.74, 6) is 2.38. The van der Waals surface area contributed by atoms with E-state index < -0.39 is 0 Å². The summed E-state index contributed by atoms with van der Waals surface area (Å²) < 4.78 is 5.48. The molecule has 0 aromatic heterocycles. The first-order valence-electron chi connectivity index (χ1n) is 6.58. The highest BCUT2D eigenvalue weighted by atomic mass is 16.5. The van der Waals surface area contributed by atoms with Gasteiger partial charge in [-0.25, -0.2) is 0 Å². The highest BCUT2D eigenvalue weighted by Gasteiger charge is 2.30. The second-order valence-corrected chi connectivity index (χ2v) is 5.33. The first kappa shape index (κ1) is 12.4. The standard InChI is InChI=1S/C15H23NO/c1-11(2)10-14-12(8-9-16-14)13-6-4-5-7-15(13)17-3/h4-7,11-12,14,16H,8-10H2,1-3H3. The van der Waals surface area contributed by atoms with E-state index in [1.165, 1.54) is 18.4 Å². The second-order valence-electron chi connectivity index (χ2n) is 5.33. The van der Waals surface area contributed by atoms with Gasteiger partial charge in [0.2, 0.25) is 0 Å². The largest absolute Gasteiger partial charge is 0.496 e. The van der Waals surface area contributed by atoms with Gasteiger partial charge in [0.15, 0.2) is 0 Å². The fraction of sp³-hybridized carbons (Fsp3) is 0.600. The Labute approximate surface area is 104 Å². The van der Waals surface area contributed by atoms with Gasteiger partial charge in [0, 0.05) is 12.0 Å². The van der Waals surface area contributed by atoms with Gasteiger partial charge in [0.25, 0.3) is 0 Å². The molecular weight excluding hydrogens is 210 g/mol. The molecule has 2 unspecified atom stereocenters. The lowest BCUT2D eigenvalue weighted by Gasteiger charge is -2.23. The van der Waals surface area contributed by atoms with Crippen molar-refractivity contribution in [2.45, 2.75) is 38.6 Å². The quantitative estimate of drug-likeness (QED) is 0.862. The molecule has 2 heteroatoms. The molecule has 94 valence electrons. The van der Waals surface area contributed by atoms with E-state index in [1.807, 2.05) is 6.07 Å². The zero-order chi connectivity index (χ0) is 12.3. The smallest absolute Gasteiger partial charge is 0.122 e. The van der Waals surface area contributed by atoms with Crippen LogP contribution in [-0.4, -0.2) is 19.7 Å². The maximum Gasteiger partial charge on any atom is 0.122 e.